The second kappa shape index (κ2) is 5.25. The van der Waals surface area contributed by atoms with E-state index in [2.05, 4.69) is 9.97 Å². The Morgan fingerprint density at radius 3 is 2.67 bits per heavy atom. The van der Waals surface area contributed by atoms with E-state index in [1.54, 1.807) is 18.5 Å². The number of nitriles is 1. The van der Waals surface area contributed by atoms with Crippen molar-refractivity contribution >= 4 is 17.4 Å². The second-order valence-corrected chi connectivity index (χ2v) is 4.19. The van der Waals surface area contributed by atoms with Gasteiger partial charge in [0, 0.05) is 18.5 Å². The Morgan fingerprint density at radius 2 is 2.06 bits per heavy atom. The molecule has 6 nitrogen and oxygen atoms in total. The van der Waals surface area contributed by atoms with Crippen LogP contribution in [0.5, 0.6) is 0 Å². The number of benzene rings is 1. The van der Waals surface area contributed by atoms with Gasteiger partial charge in [-0.2, -0.15) is 5.26 Å². The zero-order chi connectivity index (χ0) is 13.0. The van der Waals surface area contributed by atoms with E-state index >= 15 is 0 Å². The molecule has 88 valence electrons. The van der Waals surface area contributed by atoms with E-state index in [0.29, 0.717) is 10.1 Å². The molecular formula is C11H6N4O2S. The number of rotatable bonds is 3. The largest absolute Gasteiger partial charge is 0.284 e. The maximum atomic E-state index is 10.9. The first-order chi connectivity index (χ1) is 8.70. The third kappa shape index (κ3) is 2.61. The first-order valence-corrected chi connectivity index (χ1v) is 5.66. The summed E-state index contributed by atoms with van der Waals surface area (Å²) in [6, 6.07) is 7.83. The van der Waals surface area contributed by atoms with Gasteiger partial charge in [-0.05, 0) is 30.0 Å². The lowest BCUT2D eigenvalue weighted by Crippen LogP contribution is -1.93. The Balaban J connectivity index is 2.39. The highest BCUT2D eigenvalue weighted by Crippen LogP contribution is 2.33. The lowest BCUT2D eigenvalue weighted by Gasteiger charge is -2.01. The van der Waals surface area contributed by atoms with E-state index in [0.717, 1.165) is 11.8 Å². The Hall–Kier alpha value is -2.46. The van der Waals surface area contributed by atoms with Crippen molar-refractivity contribution in [1.29, 1.82) is 5.26 Å². The average Bonchev–Trinajstić information content (AvgIpc) is 2.40. The fourth-order valence-corrected chi connectivity index (χ4v) is 2.05. The minimum Gasteiger partial charge on any atom is -0.258 e. The van der Waals surface area contributed by atoms with Crippen molar-refractivity contribution in [2.45, 2.75) is 10.1 Å². The van der Waals surface area contributed by atoms with Gasteiger partial charge in [0.05, 0.1) is 21.5 Å². The molecule has 0 saturated heterocycles. The average molecular weight is 258 g/mol. The van der Waals surface area contributed by atoms with Crippen LogP contribution in [0, 0.1) is 21.4 Å². The maximum Gasteiger partial charge on any atom is 0.284 e. The minimum atomic E-state index is -0.522. The van der Waals surface area contributed by atoms with E-state index in [4.69, 9.17) is 5.26 Å². The predicted octanol–water partition coefficient (Wildman–Crippen LogP) is 2.41. The monoisotopic (exact) mass is 258 g/mol. The van der Waals surface area contributed by atoms with Gasteiger partial charge in [-0.1, -0.05) is 0 Å². The molecule has 1 aromatic heterocycles. The van der Waals surface area contributed by atoms with Crippen molar-refractivity contribution in [3.8, 4) is 6.07 Å². The fraction of sp³-hybridized carbons (Fsp3) is 0. The third-order valence-corrected chi connectivity index (χ3v) is 2.99. The lowest BCUT2D eigenvalue weighted by atomic mass is 10.2. The van der Waals surface area contributed by atoms with E-state index in [9.17, 15) is 10.1 Å². The van der Waals surface area contributed by atoms with Crippen molar-refractivity contribution < 1.29 is 4.92 Å². The Bertz CT molecular complexity index is 625. The number of hydrogen-bond acceptors (Lipinski definition) is 6. The predicted molar refractivity (Wildman–Crippen MR) is 64.0 cm³/mol. The molecule has 0 amide bonds. The van der Waals surface area contributed by atoms with Crippen molar-refractivity contribution in [1.82, 2.24) is 9.97 Å². The molecule has 0 N–H and O–H groups in total. The molecule has 0 aliphatic carbocycles. The molecule has 0 spiro atoms. The smallest absolute Gasteiger partial charge is 0.258 e. The van der Waals surface area contributed by atoms with Crippen molar-refractivity contribution in [3.63, 3.8) is 0 Å². The number of aromatic nitrogens is 2. The summed E-state index contributed by atoms with van der Waals surface area (Å²) in [5.41, 5.74) is 0.131. The van der Waals surface area contributed by atoms with Crippen LogP contribution in [-0.2, 0) is 0 Å². The molecule has 0 fully saturated rings. The zero-order valence-corrected chi connectivity index (χ0v) is 9.79. The van der Waals surface area contributed by atoms with Crippen molar-refractivity contribution in [2.24, 2.45) is 0 Å². The van der Waals surface area contributed by atoms with Gasteiger partial charge < -0.3 is 0 Å². The number of nitro benzene ring substituents is 1. The summed E-state index contributed by atoms with van der Waals surface area (Å²) in [6.45, 7) is 0. The van der Waals surface area contributed by atoms with Crippen molar-refractivity contribution in [3.05, 3.63) is 52.3 Å². The van der Waals surface area contributed by atoms with Gasteiger partial charge in [-0.15, -0.1) is 0 Å². The molecule has 0 atom stereocenters. The standard InChI is InChI=1S/C11H6N4O2S/c12-7-8-2-3-10(9(6-8)15(16)17)18-11-13-4-1-5-14-11/h1-6H. The summed E-state index contributed by atoms with van der Waals surface area (Å²) in [5.74, 6) is 0. The van der Waals surface area contributed by atoms with Gasteiger partial charge in [-0.25, -0.2) is 9.97 Å². The first-order valence-electron chi connectivity index (χ1n) is 4.84. The lowest BCUT2D eigenvalue weighted by molar-refractivity contribution is -0.387. The van der Waals surface area contributed by atoms with Gasteiger partial charge in [0.15, 0.2) is 5.16 Å². The molecule has 1 aromatic carbocycles. The minimum absolute atomic E-state index is 0.119. The summed E-state index contributed by atoms with van der Waals surface area (Å²) < 4.78 is 0. The van der Waals surface area contributed by atoms with Crippen LogP contribution in [0.3, 0.4) is 0 Å². The van der Waals surface area contributed by atoms with Crippen LogP contribution >= 0.6 is 11.8 Å². The topological polar surface area (TPSA) is 92.7 Å². The molecule has 0 unspecified atom stereocenters. The van der Waals surface area contributed by atoms with Gasteiger partial charge in [0.2, 0.25) is 0 Å². The highest BCUT2D eigenvalue weighted by molar-refractivity contribution is 7.99. The van der Waals surface area contributed by atoms with Crippen LogP contribution in [0.1, 0.15) is 5.56 Å². The van der Waals surface area contributed by atoms with E-state index in [-0.39, 0.29) is 11.3 Å². The normalized spacial score (nSPS) is 9.72. The molecule has 0 radical (unpaired) electrons. The first kappa shape index (κ1) is 12.0. The Kier molecular flexibility index (Phi) is 3.50. The summed E-state index contributed by atoms with van der Waals surface area (Å²) in [4.78, 5) is 18.8. The number of nitro groups is 1. The molecule has 18 heavy (non-hydrogen) atoms. The van der Waals surface area contributed by atoms with Crippen LogP contribution in [-0.4, -0.2) is 14.9 Å². The Morgan fingerprint density at radius 1 is 1.33 bits per heavy atom. The summed E-state index contributed by atoms with van der Waals surface area (Å²) >= 11 is 1.09. The van der Waals surface area contributed by atoms with Crippen LogP contribution in [0.25, 0.3) is 0 Å². The molecule has 2 rings (SSSR count). The molecule has 0 aliphatic rings. The molecule has 1 heterocycles. The summed E-state index contributed by atoms with van der Waals surface area (Å²) in [5, 5.41) is 20.1. The van der Waals surface area contributed by atoms with E-state index < -0.39 is 4.92 Å². The Labute approximate surface area is 106 Å². The van der Waals surface area contributed by atoms with Gasteiger partial charge in [0.1, 0.15) is 0 Å². The van der Waals surface area contributed by atoms with Gasteiger partial charge >= 0.3 is 0 Å². The summed E-state index contributed by atoms with van der Waals surface area (Å²) in [7, 11) is 0. The second-order valence-electron chi connectivity index (χ2n) is 3.18. The van der Waals surface area contributed by atoms with Crippen molar-refractivity contribution in [2.75, 3.05) is 0 Å². The highest BCUT2D eigenvalue weighted by Gasteiger charge is 2.16. The molecule has 0 saturated carbocycles. The fourth-order valence-electron chi connectivity index (χ4n) is 1.25. The number of nitrogens with zero attached hydrogens (tertiary/aromatic N) is 4. The summed E-state index contributed by atoms with van der Waals surface area (Å²) in [6.07, 6.45) is 3.12. The molecule has 7 heteroatoms. The number of hydrogen-bond donors (Lipinski definition) is 0. The molecule has 2 aromatic rings. The molecule has 0 bridgehead atoms. The zero-order valence-electron chi connectivity index (χ0n) is 8.98. The SMILES string of the molecule is N#Cc1ccc(Sc2ncccn2)c([N+](=O)[O-])c1. The maximum absolute atomic E-state index is 10.9. The van der Waals surface area contributed by atoms with Gasteiger partial charge in [0.25, 0.3) is 5.69 Å². The van der Waals surface area contributed by atoms with Gasteiger partial charge in [-0.3, -0.25) is 10.1 Å². The van der Waals surface area contributed by atoms with Crippen LogP contribution in [0.4, 0.5) is 5.69 Å². The van der Waals surface area contributed by atoms with E-state index in [1.165, 1.54) is 18.2 Å². The van der Waals surface area contributed by atoms with Crippen LogP contribution in [0.15, 0.2) is 46.7 Å². The molecule has 0 aliphatic heterocycles. The third-order valence-electron chi connectivity index (χ3n) is 2.03. The van der Waals surface area contributed by atoms with Crippen LogP contribution in [0.2, 0.25) is 0 Å². The molecular weight excluding hydrogens is 252 g/mol. The quantitative estimate of drug-likeness (QED) is 0.476. The van der Waals surface area contributed by atoms with E-state index in [1.807, 2.05) is 6.07 Å². The van der Waals surface area contributed by atoms with Crippen LogP contribution < -0.4 is 0 Å². The highest BCUT2D eigenvalue weighted by atomic mass is 32.2.